The maximum atomic E-state index is 9.75. The predicted molar refractivity (Wildman–Crippen MR) is 77.2 cm³/mol. The lowest BCUT2D eigenvalue weighted by atomic mass is 9.96. The number of rotatable bonds is 2. The Balaban J connectivity index is 2.21. The van der Waals surface area contributed by atoms with Crippen LogP contribution in [0.2, 0.25) is 0 Å². The highest BCUT2D eigenvalue weighted by Gasteiger charge is 2.25. The Labute approximate surface area is 115 Å². The van der Waals surface area contributed by atoms with Crippen molar-refractivity contribution in [1.82, 2.24) is 0 Å². The molecular weight excluding hydrogens is 294 g/mol. The topological polar surface area (TPSA) is 73.3 Å². The molecule has 2 unspecified atom stereocenters. The standard InChI is InChI=1S/C13H18BrN3O/c1-8-7-17(5-4-12(8)18)11-3-2-9(13(15)16)6-10(11)14/h2-3,6,8,12,18H,4-5,7H2,1H3,(H3,15,16). The number of nitrogen functional groups attached to an aromatic ring is 1. The van der Waals surface area contributed by atoms with Gasteiger partial charge in [-0.2, -0.15) is 0 Å². The third-order valence-electron chi connectivity index (χ3n) is 3.46. The van der Waals surface area contributed by atoms with E-state index in [1.54, 1.807) is 0 Å². The van der Waals surface area contributed by atoms with Gasteiger partial charge in [0.25, 0.3) is 0 Å². The molecule has 1 heterocycles. The molecule has 1 aliphatic heterocycles. The van der Waals surface area contributed by atoms with E-state index in [1.807, 2.05) is 18.2 Å². The lowest BCUT2D eigenvalue weighted by Gasteiger charge is -2.36. The van der Waals surface area contributed by atoms with E-state index in [9.17, 15) is 5.11 Å². The summed E-state index contributed by atoms with van der Waals surface area (Å²) in [5, 5.41) is 17.2. The van der Waals surface area contributed by atoms with Crippen molar-refractivity contribution in [3.8, 4) is 0 Å². The molecule has 1 aliphatic rings. The van der Waals surface area contributed by atoms with E-state index in [4.69, 9.17) is 11.1 Å². The van der Waals surface area contributed by atoms with Gasteiger partial charge < -0.3 is 15.7 Å². The molecule has 2 atom stereocenters. The van der Waals surface area contributed by atoms with Crippen molar-refractivity contribution in [3.63, 3.8) is 0 Å². The maximum Gasteiger partial charge on any atom is 0.122 e. The van der Waals surface area contributed by atoms with Gasteiger partial charge in [-0.05, 0) is 46.5 Å². The second kappa shape index (κ2) is 5.28. The summed E-state index contributed by atoms with van der Waals surface area (Å²) >= 11 is 3.53. The summed E-state index contributed by atoms with van der Waals surface area (Å²) in [6.07, 6.45) is 0.596. The summed E-state index contributed by atoms with van der Waals surface area (Å²) in [4.78, 5) is 2.26. The summed E-state index contributed by atoms with van der Waals surface area (Å²) in [7, 11) is 0. The van der Waals surface area contributed by atoms with Crippen molar-refractivity contribution in [1.29, 1.82) is 5.41 Å². The van der Waals surface area contributed by atoms with Crippen LogP contribution in [0.3, 0.4) is 0 Å². The average molecular weight is 312 g/mol. The fourth-order valence-electron chi connectivity index (χ4n) is 2.28. The summed E-state index contributed by atoms with van der Waals surface area (Å²) in [5.74, 6) is 0.350. The van der Waals surface area contributed by atoms with E-state index in [2.05, 4.69) is 27.8 Å². The van der Waals surface area contributed by atoms with Crippen LogP contribution in [-0.4, -0.2) is 30.1 Å². The molecule has 0 amide bonds. The monoisotopic (exact) mass is 311 g/mol. The number of amidine groups is 1. The summed E-state index contributed by atoms with van der Waals surface area (Å²) in [6.45, 7) is 3.76. The molecule has 0 radical (unpaired) electrons. The zero-order valence-electron chi connectivity index (χ0n) is 10.4. The Hall–Kier alpha value is -1.07. The zero-order chi connectivity index (χ0) is 13.3. The van der Waals surface area contributed by atoms with Gasteiger partial charge in [0.05, 0.1) is 11.8 Å². The fraction of sp³-hybridized carbons (Fsp3) is 0.462. The van der Waals surface area contributed by atoms with Crippen LogP contribution >= 0.6 is 15.9 Å². The first-order valence-electron chi connectivity index (χ1n) is 6.06. The van der Waals surface area contributed by atoms with Crippen LogP contribution < -0.4 is 10.6 Å². The van der Waals surface area contributed by atoms with Crippen molar-refractivity contribution >= 4 is 27.5 Å². The van der Waals surface area contributed by atoms with Crippen molar-refractivity contribution < 1.29 is 5.11 Å². The molecule has 2 rings (SSSR count). The molecule has 18 heavy (non-hydrogen) atoms. The van der Waals surface area contributed by atoms with Gasteiger partial charge in [-0.1, -0.05) is 6.92 Å². The zero-order valence-corrected chi connectivity index (χ0v) is 11.9. The van der Waals surface area contributed by atoms with E-state index >= 15 is 0 Å². The number of hydrogen-bond donors (Lipinski definition) is 3. The van der Waals surface area contributed by atoms with Crippen LogP contribution in [0.15, 0.2) is 22.7 Å². The van der Waals surface area contributed by atoms with Gasteiger partial charge in [0.1, 0.15) is 5.84 Å². The van der Waals surface area contributed by atoms with Crippen molar-refractivity contribution in [2.75, 3.05) is 18.0 Å². The predicted octanol–water partition coefficient (Wildman–Crippen LogP) is 1.94. The lowest BCUT2D eigenvalue weighted by molar-refractivity contribution is 0.0970. The van der Waals surface area contributed by atoms with Crippen LogP contribution in [0, 0.1) is 11.3 Å². The van der Waals surface area contributed by atoms with Gasteiger partial charge in [0.15, 0.2) is 0 Å². The number of piperidine rings is 1. The second-order valence-corrected chi connectivity index (χ2v) is 5.71. The Morgan fingerprint density at radius 3 is 2.83 bits per heavy atom. The van der Waals surface area contributed by atoms with Crippen LogP contribution in [0.5, 0.6) is 0 Å². The number of nitrogens with two attached hydrogens (primary N) is 1. The van der Waals surface area contributed by atoms with Gasteiger partial charge >= 0.3 is 0 Å². The van der Waals surface area contributed by atoms with Gasteiger partial charge in [0, 0.05) is 23.1 Å². The molecule has 0 aliphatic carbocycles. The van der Waals surface area contributed by atoms with Crippen molar-refractivity contribution in [3.05, 3.63) is 28.2 Å². The number of aliphatic hydroxyl groups excluding tert-OH is 1. The van der Waals surface area contributed by atoms with Crippen molar-refractivity contribution in [2.24, 2.45) is 11.7 Å². The molecular formula is C13H18BrN3O. The molecule has 1 aromatic carbocycles. The molecule has 4 N–H and O–H groups in total. The van der Waals surface area contributed by atoms with Crippen LogP contribution in [-0.2, 0) is 0 Å². The van der Waals surface area contributed by atoms with E-state index in [0.717, 1.165) is 35.2 Å². The Bertz CT molecular complexity index is 464. The van der Waals surface area contributed by atoms with E-state index in [1.165, 1.54) is 0 Å². The maximum absolute atomic E-state index is 9.75. The quantitative estimate of drug-likeness (QED) is 0.577. The molecule has 4 nitrogen and oxygen atoms in total. The molecule has 5 heteroatoms. The third kappa shape index (κ3) is 2.67. The minimum Gasteiger partial charge on any atom is -0.393 e. The number of anilines is 1. The smallest absolute Gasteiger partial charge is 0.122 e. The molecule has 0 aromatic heterocycles. The first-order chi connectivity index (χ1) is 8.49. The van der Waals surface area contributed by atoms with Crippen LogP contribution in [0.1, 0.15) is 18.9 Å². The molecule has 0 bridgehead atoms. The highest BCUT2D eigenvalue weighted by Crippen LogP contribution is 2.30. The summed E-state index contributed by atoms with van der Waals surface area (Å²) in [6, 6.07) is 5.71. The molecule has 0 spiro atoms. The molecule has 0 saturated carbocycles. The fourth-order valence-corrected chi connectivity index (χ4v) is 2.91. The minimum atomic E-state index is -0.198. The number of hydrogen-bond acceptors (Lipinski definition) is 3. The van der Waals surface area contributed by atoms with Gasteiger partial charge in [-0.3, -0.25) is 5.41 Å². The second-order valence-electron chi connectivity index (χ2n) is 4.86. The van der Waals surface area contributed by atoms with Gasteiger partial charge in [-0.25, -0.2) is 0 Å². The van der Waals surface area contributed by atoms with Crippen LogP contribution in [0.25, 0.3) is 0 Å². The summed E-state index contributed by atoms with van der Waals surface area (Å²) < 4.78 is 0.943. The SMILES string of the molecule is CC1CN(c2ccc(C(=N)N)cc2Br)CCC1O. The molecule has 1 aromatic rings. The highest BCUT2D eigenvalue weighted by atomic mass is 79.9. The highest BCUT2D eigenvalue weighted by molar-refractivity contribution is 9.10. The Kier molecular flexibility index (Phi) is 3.92. The number of aliphatic hydroxyl groups is 1. The van der Waals surface area contributed by atoms with E-state index in [0.29, 0.717) is 0 Å². The Morgan fingerprint density at radius 1 is 1.56 bits per heavy atom. The number of halogens is 1. The van der Waals surface area contributed by atoms with Gasteiger partial charge in [0.2, 0.25) is 0 Å². The summed E-state index contributed by atoms with van der Waals surface area (Å²) in [5.41, 5.74) is 7.28. The number of benzene rings is 1. The number of nitrogens with one attached hydrogen (secondary N) is 1. The van der Waals surface area contributed by atoms with Gasteiger partial charge in [-0.15, -0.1) is 0 Å². The Morgan fingerprint density at radius 2 is 2.28 bits per heavy atom. The normalized spacial score (nSPS) is 24.1. The molecule has 1 saturated heterocycles. The number of nitrogens with zero attached hydrogens (tertiary/aromatic N) is 1. The first kappa shape index (κ1) is 13.4. The van der Waals surface area contributed by atoms with E-state index < -0.39 is 0 Å². The third-order valence-corrected chi connectivity index (χ3v) is 4.09. The van der Waals surface area contributed by atoms with E-state index in [-0.39, 0.29) is 17.9 Å². The first-order valence-corrected chi connectivity index (χ1v) is 6.85. The minimum absolute atomic E-state index is 0.0738. The largest absolute Gasteiger partial charge is 0.393 e. The average Bonchev–Trinajstić information content (AvgIpc) is 2.32. The molecule has 98 valence electrons. The van der Waals surface area contributed by atoms with Crippen molar-refractivity contribution in [2.45, 2.75) is 19.4 Å². The lowest BCUT2D eigenvalue weighted by Crippen LogP contribution is -2.42. The van der Waals surface area contributed by atoms with Crippen LogP contribution in [0.4, 0.5) is 5.69 Å². The molecule has 1 fully saturated rings.